The number of carbonyl (C=O) groups is 5. The molecule has 13 heteroatoms. The van der Waals surface area contributed by atoms with Crippen LogP contribution >= 0.6 is 0 Å². The highest BCUT2D eigenvalue weighted by Gasteiger charge is 2.32. The highest BCUT2D eigenvalue weighted by Crippen LogP contribution is 2.13. The molecule has 1 saturated heterocycles. The second-order valence-corrected chi connectivity index (χ2v) is 13.6. The lowest BCUT2D eigenvalue weighted by Crippen LogP contribution is -2.59. The fraction of sp³-hybridized carbons (Fsp3) is 0.541. The summed E-state index contributed by atoms with van der Waals surface area (Å²) < 4.78 is 0. The Morgan fingerprint density at radius 3 is 1.84 bits per heavy atom. The molecule has 0 radical (unpaired) electrons. The average Bonchev–Trinajstić information content (AvgIpc) is 3.08. The zero-order valence-corrected chi connectivity index (χ0v) is 29.4. The predicted molar refractivity (Wildman–Crippen MR) is 193 cm³/mol. The number of primary amides is 1. The first-order valence-corrected chi connectivity index (χ1v) is 17.7. The number of nitrogens with two attached hydrogens (primary N) is 3. The average molecular weight is 693 g/mol. The summed E-state index contributed by atoms with van der Waals surface area (Å²) in [6.45, 7) is 5.76. The second kappa shape index (κ2) is 21.0. The minimum atomic E-state index is -1.00. The van der Waals surface area contributed by atoms with Crippen LogP contribution < -0.4 is 38.5 Å². The van der Waals surface area contributed by atoms with Gasteiger partial charge >= 0.3 is 0 Å². The Morgan fingerprint density at radius 1 is 0.740 bits per heavy atom. The van der Waals surface area contributed by atoms with Crippen LogP contribution in [-0.2, 0) is 36.8 Å². The number of benzene rings is 2. The Bertz CT molecular complexity index is 1370. The molecule has 10 N–H and O–H groups in total. The van der Waals surface area contributed by atoms with Crippen LogP contribution in [0.3, 0.4) is 0 Å². The molecule has 5 amide bonds. The van der Waals surface area contributed by atoms with Crippen LogP contribution in [-0.4, -0.2) is 90.8 Å². The quantitative estimate of drug-likeness (QED) is 0.0968. The third-order valence-corrected chi connectivity index (χ3v) is 8.78. The first-order chi connectivity index (χ1) is 23.9. The summed E-state index contributed by atoms with van der Waals surface area (Å²) in [6, 6.07) is 14.9. The van der Waals surface area contributed by atoms with E-state index in [-0.39, 0.29) is 30.8 Å². The monoisotopic (exact) mass is 692 g/mol. The summed E-state index contributed by atoms with van der Waals surface area (Å²) in [5.41, 5.74) is 19.0. The maximum absolute atomic E-state index is 13.9. The highest BCUT2D eigenvalue weighted by atomic mass is 16.2. The van der Waals surface area contributed by atoms with Gasteiger partial charge in [-0.25, -0.2) is 0 Å². The standard InChI is InChI=1S/C37H56N8O5/c1-25(2)21-31(36(49)42-30(15-9-10-18-38)35(48)41-28-16-19-45(20-17-28)24-33(40)46)44-37(50)32(23-27-13-7-4-8-14-27)43-34(47)29(39)22-26-11-5-3-6-12-26/h3-8,11-14,25,28-32H,9-10,15-24,38-39H2,1-2H3,(H2,40,46)(H,41,48)(H,42,49)(H,43,47)(H,44,50)/t29-,30-,31-,32-/m1/s1. The minimum absolute atomic E-state index is 0.0302. The molecule has 1 aliphatic rings. The van der Waals surface area contributed by atoms with Crippen LogP contribution in [0.5, 0.6) is 0 Å². The van der Waals surface area contributed by atoms with E-state index in [9.17, 15) is 24.0 Å². The van der Waals surface area contributed by atoms with Crippen molar-refractivity contribution in [2.45, 2.75) is 95.4 Å². The molecule has 0 unspecified atom stereocenters. The first-order valence-electron chi connectivity index (χ1n) is 17.7. The molecule has 1 aliphatic heterocycles. The number of rotatable bonds is 20. The molecule has 0 aliphatic carbocycles. The lowest BCUT2D eigenvalue weighted by atomic mass is 9.99. The first kappa shape index (κ1) is 40.1. The number of carbonyl (C=O) groups excluding carboxylic acids is 5. The zero-order valence-electron chi connectivity index (χ0n) is 29.4. The number of nitrogens with one attached hydrogen (secondary N) is 4. The molecule has 274 valence electrons. The van der Waals surface area contributed by atoms with Crippen molar-refractivity contribution >= 4 is 29.5 Å². The summed E-state index contributed by atoms with van der Waals surface area (Å²) in [4.78, 5) is 67.7. The van der Waals surface area contributed by atoms with Crippen LogP contribution in [0, 0.1) is 5.92 Å². The van der Waals surface area contributed by atoms with E-state index in [0.29, 0.717) is 64.6 Å². The van der Waals surface area contributed by atoms with E-state index in [0.717, 1.165) is 11.1 Å². The number of amides is 5. The van der Waals surface area contributed by atoms with Crippen molar-refractivity contribution in [3.8, 4) is 0 Å². The molecular formula is C37H56N8O5. The summed E-state index contributed by atoms with van der Waals surface area (Å²) in [7, 11) is 0. The lowest BCUT2D eigenvalue weighted by molar-refractivity contribution is -0.134. The van der Waals surface area contributed by atoms with Crippen molar-refractivity contribution in [2.24, 2.45) is 23.1 Å². The number of hydrogen-bond acceptors (Lipinski definition) is 8. The molecule has 0 bridgehead atoms. The SMILES string of the molecule is CC(C)C[C@@H](NC(=O)[C@@H](Cc1ccccc1)NC(=O)[C@H](N)Cc1ccccc1)C(=O)N[C@H](CCCCN)C(=O)NC1CCN(CC(N)=O)CC1. The van der Waals surface area contributed by atoms with E-state index in [1.165, 1.54) is 0 Å². The Morgan fingerprint density at radius 2 is 1.28 bits per heavy atom. The van der Waals surface area contributed by atoms with Gasteiger partial charge in [-0.3, -0.25) is 28.9 Å². The van der Waals surface area contributed by atoms with Gasteiger partial charge in [-0.2, -0.15) is 0 Å². The number of likely N-dealkylation sites (tertiary alicyclic amines) is 1. The molecule has 2 aromatic carbocycles. The Balaban J connectivity index is 1.72. The highest BCUT2D eigenvalue weighted by molar-refractivity contribution is 5.95. The molecule has 0 saturated carbocycles. The van der Waals surface area contributed by atoms with Gasteiger partial charge in [0.15, 0.2) is 0 Å². The number of piperidine rings is 1. The molecule has 4 atom stereocenters. The predicted octanol–water partition coefficient (Wildman–Crippen LogP) is 0.495. The third kappa shape index (κ3) is 14.3. The van der Waals surface area contributed by atoms with Crippen LogP contribution in [0.4, 0.5) is 0 Å². The molecule has 2 aromatic rings. The lowest BCUT2D eigenvalue weighted by Gasteiger charge is -2.32. The van der Waals surface area contributed by atoms with Gasteiger partial charge in [0.1, 0.15) is 18.1 Å². The molecule has 3 rings (SSSR count). The van der Waals surface area contributed by atoms with Gasteiger partial charge < -0.3 is 38.5 Å². The van der Waals surface area contributed by atoms with Gasteiger partial charge in [0, 0.05) is 25.6 Å². The van der Waals surface area contributed by atoms with Crippen molar-refractivity contribution in [1.82, 2.24) is 26.2 Å². The summed E-state index contributed by atoms with van der Waals surface area (Å²) in [5, 5.41) is 11.7. The molecule has 0 spiro atoms. The fourth-order valence-electron chi connectivity index (χ4n) is 6.07. The third-order valence-electron chi connectivity index (χ3n) is 8.78. The summed E-state index contributed by atoms with van der Waals surface area (Å²) in [6.07, 6.45) is 3.79. The number of hydrogen-bond donors (Lipinski definition) is 7. The van der Waals surface area contributed by atoms with E-state index < -0.39 is 47.8 Å². The van der Waals surface area contributed by atoms with E-state index in [2.05, 4.69) is 21.3 Å². The summed E-state index contributed by atoms with van der Waals surface area (Å²) >= 11 is 0. The van der Waals surface area contributed by atoms with Gasteiger partial charge in [0.2, 0.25) is 29.5 Å². The van der Waals surface area contributed by atoms with E-state index in [1.807, 2.05) is 79.4 Å². The largest absolute Gasteiger partial charge is 0.369 e. The van der Waals surface area contributed by atoms with Crippen molar-refractivity contribution in [3.63, 3.8) is 0 Å². The maximum atomic E-state index is 13.9. The van der Waals surface area contributed by atoms with Gasteiger partial charge in [-0.1, -0.05) is 74.5 Å². The van der Waals surface area contributed by atoms with Gasteiger partial charge in [-0.15, -0.1) is 0 Å². The van der Waals surface area contributed by atoms with Crippen LogP contribution in [0.25, 0.3) is 0 Å². The zero-order chi connectivity index (χ0) is 36.5. The fourth-order valence-corrected chi connectivity index (χ4v) is 6.07. The molecule has 50 heavy (non-hydrogen) atoms. The molecule has 0 aromatic heterocycles. The topological polar surface area (TPSA) is 215 Å². The molecule has 13 nitrogen and oxygen atoms in total. The van der Waals surface area contributed by atoms with Crippen molar-refractivity contribution in [3.05, 3.63) is 71.8 Å². The maximum Gasteiger partial charge on any atom is 0.243 e. The van der Waals surface area contributed by atoms with Crippen LogP contribution in [0.2, 0.25) is 0 Å². The van der Waals surface area contributed by atoms with E-state index in [4.69, 9.17) is 17.2 Å². The molecule has 1 fully saturated rings. The van der Waals surface area contributed by atoms with E-state index >= 15 is 0 Å². The normalized spacial score (nSPS) is 16.1. The van der Waals surface area contributed by atoms with Crippen molar-refractivity contribution in [2.75, 3.05) is 26.2 Å². The number of unbranched alkanes of at least 4 members (excludes halogenated alkanes) is 1. The molecular weight excluding hydrogens is 636 g/mol. The second-order valence-electron chi connectivity index (χ2n) is 13.6. The van der Waals surface area contributed by atoms with Gasteiger partial charge in [0.25, 0.3) is 0 Å². The smallest absolute Gasteiger partial charge is 0.243 e. The molecule has 1 heterocycles. The van der Waals surface area contributed by atoms with E-state index in [1.54, 1.807) is 0 Å². The van der Waals surface area contributed by atoms with Gasteiger partial charge in [0.05, 0.1) is 12.6 Å². The summed E-state index contributed by atoms with van der Waals surface area (Å²) in [5.74, 6) is -2.16. The van der Waals surface area contributed by atoms with Crippen LogP contribution in [0.15, 0.2) is 60.7 Å². The minimum Gasteiger partial charge on any atom is -0.369 e. The van der Waals surface area contributed by atoms with Crippen LogP contribution in [0.1, 0.15) is 63.5 Å². The Hall–Kier alpha value is -4.33. The van der Waals surface area contributed by atoms with Crippen molar-refractivity contribution < 1.29 is 24.0 Å². The van der Waals surface area contributed by atoms with Gasteiger partial charge in [-0.05, 0) is 68.5 Å². The Kier molecular flexibility index (Phi) is 16.9. The Labute approximate surface area is 295 Å². The number of nitrogens with zero attached hydrogens (tertiary/aromatic N) is 1. The van der Waals surface area contributed by atoms with Crippen molar-refractivity contribution in [1.29, 1.82) is 0 Å².